The first-order valence-corrected chi connectivity index (χ1v) is 3.95. The number of hydrogen-bond acceptors (Lipinski definition) is 2. The molecule has 1 atom stereocenters. The van der Waals surface area contributed by atoms with E-state index in [4.69, 9.17) is 10.8 Å². The van der Waals surface area contributed by atoms with Crippen LogP contribution in [0.25, 0.3) is 0 Å². The number of hydrogen-bond donors (Lipinski definition) is 3. The molecule has 0 radical (unpaired) electrons. The van der Waals surface area contributed by atoms with Crippen LogP contribution in [0.1, 0.15) is 18.5 Å². The zero-order valence-electron chi connectivity index (χ0n) is 7.32. The van der Waals surface area contributed by atoms with Crippen LogP contribution in [0.5, 0.6) is 0 Å². The quantitative estimate of drug-likeness (QED) is 0.649. The SMILES string of the molecule is CC(N)c1cccc(NC(=O)O)c1. The van der Waals surface area contributed by atoms with Crippen LogP contribution in [-0.4, -0.2) is 11.2 Å². The average Bonchev–Trinajstić information content (AvgIpc) is 2.03. The summed E-state index contributed by atoms with van der Waals surface area (Å²) < 4.78 is 0. The molecule has 13 heavy (non-hydrogen) atoms. The van der Waals surface area contributed by atoms with Crippen molar-refractivity contribution >= 4 is 11.8 Å². The highest BCUT2D eigenvalue weighted by molar-refractivity contribution is 5.82. The Morgan fingerprint density at radius 3 is 2.85 bits per heavy atom. The lowest BCUT2D eigenvalue weighted by Crippen LogP contribution is -2.09. The Balaban J connectivity index is 2.85. The van der Waals surface area contributed by atoms with Gasteiger partial charge in [-0.05, 0) is 24.6 Å². The maximum absolute atomic E-state index is 10.3. The maximum Gasteiger partial charge on any atom is 0.409 e. The normalized spacial score (nSPS) is 12.2. The van der Waals surface area contributed by atoms with E-state index in [1.165, 1.54) is 0 Å². The molecule has 0 bridgehead atoms. The van der Waals surface area contributed by atoms with Gasteiger partial charge in [-0.2, -0.15) is 0 Å². The van der Waals surface area contributed by atoms with Crippen molar-refractivity contribution in [3.05, 3.63) is 29.8 Å². The molecular weight excluding hydrogens is 168 g/mol. The van der Waals surface area contributed by atoms with Crippen molar-refractivity contribution in [2.75, 3.05) is 5.32 Å². The fraction of sp³-hybridized carbons (Fsp3) is 0.222. The van der Waals surface area contributed by atoms with Gasteiger partial charge in [-0.15, -0.1) is 0 Å². The van der Waals surface area contributed by atoms with Gasteiger partial charge in [-0.3, -0.25) is 5.32 Å². The van der Waals surface area contributed by atoms with Crippen molar-refractivity contribution in [3.63, 3.8) is 0 Å². The number of nitrogens with one attached hydrogen (secondary N) is 1. The molecule has 0 aromatic heterocycles. The molecule has 0 aliphatic heterocycles. The summed E-state index contributed by atoms with van der Waals surface area (Å²) in [6.45, 7) is 1.85. The summed E-state index contributed by atoms with van der Waals surface area (Å²) in [4.78, 5) is 10.3. The van der Waals surface area contributed by atoms with Gasteiger partial charge in [0.15, 0.2) is 0 Å². The Hall–Kier alpha value is -1.55. The van der Waals surface area contributed by atoms with E-state index in [1.807, 2.05) is 13.0 Å². The minimum atomic E-state index is -1.07. The summed E-state index contributed by atoms with van der Waals surface area (Å²) in [5.74, 6) is 0. The molecule has 1 amide bonds. The van der Waals surface area contributed by atoms with Gasteiger partial charge in [0.25, 0.3) is 0 Å². The molecule has 0 heterocycles. The molecule has 0 aliphatic rings. The van der Waals surface area contributed by atoms with Crippen molar-refractivity contribution in [3.8, 4) is 0 Å². The molecule has 0 aliphatic carbocycles. The van der Waals surface area contributed by atoms with E-state index in [0.717, 1.165) is 5.56 Å². The van der Waals surface area contributed by atoms with Crippen LogP contribution >= 0.6 is 0 Å². The van der Waals surface area contributed by atoms with Gasteiger partial charge in [0.05, 0.1) is 0 Å². The van der Waals surface area contributed by atoms with E-state index in [0.29, 0.717) is 5.69 Å². The molecule has 0 spiro atoms. The molecule has 0 fully saturated rings. The molecule has 0 saturated carbocycles. The number of anilines is 1. The molecule has 1 aromatic rings. The molecule has 4 N–H and O–H groups in total. The van der Waals surface area contributed by atoms with Crippen LogP contribution in [0.15, 0.2) is 24.3 Å². The molecule has 4 nitrogen and oxygen atoms in total. The summed E-state index contributed by atoms with van der Waals surface area (Å²) in [5.41, 5.74) is 7.09. The van der Waals surface area contributed by atoms with E-state index in [-0.39, 0.29) is 6.04 Å². The van der Waals surface area contributed by atoms with Gasteiger partial charge in [0.2, 0.25) is 0 Å². The summed E-state index contributed by atoms with van der Waals surface area (Å²) in [5, 5.41) is 10.7. The summed E-state index contributed by atoms with van der Waals surface area (Å²) in [7, 11) is 0. The predicted molar refractivity (Wildman–Crippen MR) is 50.7 cm³/mol. The molecule has 1 aromatic carbocycles. The Bertz CT molecular complexity index is 310. The first-order valence-electron chi connectivity index (χ1n) is 3.95. The third-order valence-corrected chi connectivity index (χ3v) is 1.66. The topological polar surface area (TPSA) is 75.3 Å². The van der Waals surface area contributed by atoms with E-state index < -0.39 is 6.09 Å². The van der Waals surface area contributed by atoms with Gasteiger partial charge in [-0.25, -0.2) is 4.79 Å². The monoisotopic (exact) mass is 180 g/mol. The molecule has 70 valence electrons. The standard InChI is InChI=1S/C9H12N2O2/c1-6(10)7-3-2-4-8(5-7)11-9(12)13/h2-6,11H,10H2,1H3,(H,12,13). The Kier molecular flexibility index (Phi) is 2.87. The molecule has 0 saturated heterocycles. The number of benzene rings is 1. The predicted octanol–water partition coefficient (Wildman–Crippen LogP) is 1.80. The van der Waals surface area contributed by atoms with Crippen LogP contribution in [0.2, 0.25) is 0 Å². The Morgan fingerprint density at radius 2 is 2.31 bits per heavy atom. The highest BCUT2D eigenvalue weighted by Crippen LogP contribution is 2.15. The Labute approximate surface area is 76.4 Å². The van der Waals surface area contributed by atoms with Crippen LogP contribution in [0.4, 0.5) is 10.5 Å². The zero-order valence-corrected chi connectivity index (χ0v) is 7.32. The number of carboxylic acid groups (broad SMARTS) is 1. The summed E-state index contributed by atoms with van der Waals surface area (Å²) >= 11 is 0. The molecule has 1 unspecified atom stereocenters. The second-order valence-electron chi connectivity index (χ2n) is 2.84. The number of nitrogens with two attached hydrogens (primary N) is 1. The maximum atomic E-state index is 10.3. The lowest BCUT2D eigenvalue weighted by atomic mass is 10.1. The van der Waals surface area contributed by atoms with Crippen molar-refractivity contribution in [2.24, 2.45) is 5.73 Å². The fourth-order valence-corrected chi connectivity index (χ4v) is 1.02. The summed E-state index contributed by atoms with van der Waals surface area (Å²) in [6, 6.07) is 6.94. The van der Waals surface area contributed by atoms with Gasteiger partial charge in [0, 0.05) is 11.7 Å². The second-order valence-corrected chi connectivity index (χ2v) is 2.84. The zero-order chi connectivity index (χ0) is 9.84. The van der Waals surface area contributed by atoms with Crippen LogP contribution in [0.3, 0.4) is 0 Å². The van der Waals surface area contributed by atoms with Crippen molar-refractivity contribution in [2.45, 2.75) is 13.0 Å². The van der Waals surface area contributed by atoms with Crippen LogP contribution in [-0.2, 0) is 0 Å². The third kappa shape index (κ3) is 2.76. The Morgan fingerprint density at radius 1 is 1.62 bits per heavy atom. The number of carbonyl (C=O) groups is 1. The first kappa shape index (κ1) is 9.54. The van der Waals surface area contributed by atoms with Crippen molar-refractivity contribution in [1.29, 1.82) is 0 Å². The number of amides is 1. The fourth-order valence-electron chi connectivity index (χ4n) is 1.02. The first-order chi connectivity index (χ1) is 6.09. The van der Waals surface area contributed by atoms with Gasteiger partial charge in [-0.1, -0.05) is 12.1 Å². The molecular formula is C9H12N2O2. The third-order valence-electron chi connectivity index (χ3n) is 1.66. The van der Waals surface area contributed by atoms with Gasteiger partial charge >= 0.3 is 6.09 Å². The smallest absolute Gasteiger partial charge is 0.409 e. The average molecular weight is 180 g/mol. The van der Waals surface area contributed by atoms with E-state index in [1.54, 1.807) is 18.2 Å². The lowest BCUT2D eigenvalue weighted by molar-refractivity contribution is 0.210. The van der Waals surface area contributed by atoms with E-state index >= 15 is 0 Å². The number of rotatable bonds is 2. The largest absolute Gasteiger partial charge is 0.465 e. The van der Waals surface area contributed by atoms with E-state index in [9.17, 15) is 4.79 Å². The van der Waals surface area contributed by atoms with Crippen LogP contribution in [0, 0.1) is 0 Å². The highest BCUT2D eigenvalue weighted by atomic mass is 16.4. The highest BCUT2D eigenvalue weighted by Gasteiger charge is 2.01. The van der Waals surface area contributed by atoms with E-state index in [2.05, 4.69) is 5.32 Å². The summed E-state index contributed by atoms with van der Waals surface area (Å²) in [6.07, 6.45) is -1.07. The lowest BCUT2D eigenvalue weighted by Gasteiger charge is -2.07. The van der Waals surface area contributed by atoms with Gasteiger partial charge in [0.1, 0.15) is 0 Å². The van der Waals surface area contributed by atoms with Crippen LogP contribution < -0.4 is 11.1 Å². The second kappa shape index (κ2) is 3.91. The minimum absolute atomic E-state index is 0.0875. The molecule has 1 rings (SSSR count). The minimum Gasteiger partial charge on any atom is -0.465 e. The van der Waals surface area contributed by atoms with Crippen molar-refractivity contribution < 1.29 is 9.90 Å². The van der Waals surface area contributed by atoms with Gasteiger partial charge < -0.3 is 10.8 Å². The molecule has 4 heteroatoms. The van der Waals surface area contributed by atoms with Crippen molar-refractivity contribution in [1.82, 2.24) is 0 Å².